The van der Waals surface area contributed by atoms with Crippen molar-refractivity contribution in [1.29, 1.82) is 5.26 Å². The smallest absolute Gasteiger partial charge is 0.164 e. The van der Waals surface area contributed by atoms with E-state index in [1.54, 1.807) is 0 Å². The van der Waals surface area contributed by atoms with Crippen molar-refractivity contribution in [3.05, 3.63) is 102 Å². The van der Waals surface area contributed by atoms with E-state index in [4.69, 9.17) is 19.4 Å². The first-order chi connectivity index (χ1) is 21.1. The summed E-state index contributed by atoms with van der Waals surface area (Å²) in [6.07, 6.45) is 7.87. The lowest BCUT2D eigenvalue weighted by atomic mass is 9.48. The van der Waals surface area contributed by atoms with Gasteiger partial charge in [-0.1, -0.05) is 54.6 Å². The van der Waals surface area contributed by atoms with Crippen LogP contribution in [0.25, 0.3) is 56.1 Å². The second-order valence-corrected chi connectivity index (χ2v) is 13.1. The molecule has 2 aromatic heterocycles. The van der Waals surface area contributed by atoms with Crippen LogP contribution in [0.1, 0.15) is 49.7 Å². The Labute approximate surface area is 250 Å². The minimum atomic E-state index is 0.167. The summed E-state index contributed by atoms with van der Waals surface area (Å²) in [4.78, 5) is 15.0. The SMILES string of the molecule is N#Cc1cc(-c2nc(-c3ccccc3)nc(-c3ccc4c(c3)oc3ccccc34)n2)cc(C23CC4CC(CC(C4)C2)C3)c1. The van der Waals surface area contributed by atoms with Gasteiger partial charge >= 0.3 is 0 Å². The Hall–Kier alpha value is -4.82. The quantitative estimate of drug-likeness (QED) is 0.216. The van der Waals surface area contributed by atoms with E-state index in [2.05, 4.69) is 36.4 Å². The van der Waals surface area contributed by atoms with Crippen LogP contribution in [0, 0.1) is 29.1 Å². The van der Waals surface area contributed by atoms with Crippen LogP contribution < -0.4 is 0 Å². The third kappa shape index (κ3) is 4.08. The number of benzene rings is 4. The molecule has 43 heavy (non-hydrogen) atoms. The van der Waals surface area contributed by atoms with Crippen molar-refractivity contribution in [2.45, 2.75) is 43.9 Å². The third-order valence-corrected chi connectivity index (χ3v) is 10.3. The standard InChI is InChI=1S/C38H30N4O/c39-22-26-15-29(17-30(16-26)38-19-23-12-24(20-38)14-25(13-23)21-38)37-41-35(27-6-2-1-3-7-27)40-36(42-37)28-10-11-32-31-8-4-5-9-33(31)43-34(32)18-28/h1-11,15-18,23-25H,12-14,19-21H2. The normalized spacial score (nSPS) is 24.0. The molecule has 4 fully saturated rings. The highest BCUT2D eigenvalue weighted by molar-refractivity contribution is 6.05. The van der Waals surface area contributed by atoms with Crippen molar-refractivity contribution in [3.8, 4) is 40.2 Å². The topological polar surface area (TPSA) is 75.6 Å². The number of fused-ring (bicyclic) bond motifs is 3. The van der Waals surface area contributed by atoms with E-state index in [1.807, 2.05) is 60.7 Å². The summed E-state index contributed by atoms with van der Waals surface area (Å²) in [5.74, 6) is 4.26. The maximum atomic E-state index is 10.1. The fourth-order valence-electron chi connectivity index (χ4n) is 8.81. The van der Waals surface area contributed by atoms with Gasteiger partial charge in [0.15, 0.2) is 17.5 Å². The molecule has 4 aromatic carbocycles. The van der Waals surface area contributed by atoms with Crippen molar-refractivity contribution >= 4 is 21.9 Å². The molecule has 0 atom stereocenters. The molecule has 208 valence electrons. The molecule has 0 radical (unpaired) electrons. The molecule has 0 saturated heterocycles. The molecule has 4 aliphatic carbocycles. The van der Waals surface area contributed by atoms with Gasteiger partial charge < -0.3 is 4.42 Å². The molecule has 2 heterocycles. The lowest BCUT2D eigenvalue weighted by Gasteiger charge is -2.57. The van der Waals surface area contributed by atoms with Crippen LogP contribution in [0.4, 0.5) is 0 Å². The van der Waals surface area contributed by atoms with Crippen LogP contribution in [0.3, 0.4) is 0 Å². The monoisotopic (exact) mass is 558 g/mol. The van der Waals surface area contributed by atoms with E-state index >= 15 is 0 Å². The zero-order chi connectivity index (χ0) is 28.5. The zero-order valence-corrected chi connectivity index (χ0v) is 23.8. The highest BCUT2D eigenvalue weighted by Gasteiger charge is 2.51. The van der Waals surface area contributed by atoms with E-state index in [0.29, 0.717) is 23.0 Å². The summed E-state index contributed by atoms with van der Waals surface area (Å²) in [7, 11) is 0. The van der Waals surface area contributed by atoms with E-state index in [1.165, 1.54) is 44.1 Å². The number of rotatable bonds is 4. The summed E-state index contributed by atoms with van der Waals surface area (Å²) in [6.45, 7) is 0. The Morgan fingerprint density at radius 3 is 1.95 bits per heavy atom. The summed E-state index contributed by atoms with van der Waals surface area (Å²) in [5.41, 5.74) is 6.48. The van der Waals surface area contributed by atoms with E-state index in [9.17, 15) is 5.26 Å². The van der Waals surface area contributed by atoms with Crippen molar-refractivity contribution in [2.24, 2.45) is 17.8 Å². The van der Waals surface area contributed by atoms with Gasteiger partial charge in [0, 0.05) is 27.5 Å². The lowest BCUT2D eigenvalue weighted by Crippen LogP contribution is -2.48. The summed E-state index contributed by atoms with van der Waals surface area (Å²) in [5, 5.41) is 12.3. The van der Waals surface area contributed by atoms with E-state index in [0.717, 1.165) is 56.4 Å². The second kappa shape index (κ2) is 9.34. The molecule has 4 aliphatic rings. The Bertz CT molecular complexity index is 2050. The van der Waals surface area contributed by atoms with E-state index < -0.39 is 0 Å². The number of para-hydroxylation sites is 1. The molecule has 5 heteroatoms. The first kappa shape index (κ1) is 24.7. The van der Waals surface area contributed by atoms with Crippen molar-refractivity contribution in [2.75, 3.05) is 0 Å². The predicted molar refractivity (Wildman–Crippen MR) is 168 cm³/mol. The highest BCUT2D eigenvalue weighted by atomic mass is 16.3. The molecule has 0 unspecified atom stereocenters. The molecule has 0 spiro atoms. The molecule has 0 amide bonds. The van der Waals surface area contributed by atoms with Crippen LogP contribution in [-0.2, 0) is 5.41 Å². The number of hydrogen-bond acceptors (Lipinski definition) is 5. The minimum Gasteiger partial charge on any atom is -0.456 e. The van der Waals surface area contributed by atoms with Gasteiger partial charge in [-0.25, -0.2) is 15.0 Å². The summed E-state index contributed by atoms with van der Waals surface area (Å²) < 4.78 is 6.20. The van der Waals surface area contributed by atoms with E-state index in [-0.39, 0.29) is 5.41 Å². The Morgan fingerprint density at radius 2 is 1.23 bits per heavy atom. The fourth-order valence-corrected chi connectivity index (χ4v) is 8.81. The molecule has 4 saturated carbocycles. The Balaban J connectivity index is 1.21. The predicted octanol–water partition coefficient (Wildman–Crippen LogP) is 9.11. The number of nitriles is 1. The van der Waals surface area contributed by atoms with Gasteiger partial charge in [0.1, 0.15) is 11.2 Å². The number of hydrogen-bond donors (Lipinski definition) is 0. The number of furan rings is 1. The van der Waals surface area contributed by atoms with Crippen LogP contribution in [0.5, 0.6) is 0 Å². The Kier molecular flexibility index (Phi) is 5.38. The maximum absolute atomic E-state index is 10.1. The Morgan fingerprint density at radius 1 is 0.605 bits per heavy atom. The van der Waals surface area contributed by atoms with Gasteiger partial charge in [-0.2, -0.15) is 5.26 Å². The molecule has 0 aliphatic heterocycles. The van der Waals surface area contributed by atoms with Crippen LogP contribution >= 0.6 is 0 Å². The van der Waals surface area contributed by atoms with Gasteiger partial charge in [-0.3, -0.25) is 0 Å². The maximum Gasteiger partial charge on any atom is 0.164 e. The molecular weight excluding hydrogens is 528 g/mol. The largest absolute Gasteiger partial charge is 0.456 e. The average Bonchev–Trinajstić information content (AvgIpc) is 3.42. The first-order valence-electron chi connectivity index (χ1n) is 15.4. The molecule has 0 N–H and O–H groups in total. The van der Waals surface area contributed by atoms with Crippen LogP contribution in [0.15, 0.2) is 95.4 Å². The average molecular weight is 559 g/mol. The van der Waals surface area contributed by atoms with Crippen LogP contribution in [0.2, 0.25) is 0 Å². The van der Waals surface area contributed by atoms with Crippen LogP contribution in [-0.4, -0.2) is 15.0 Å². The molecule has 5 nitrogen and oxygen atoms in total. The van der Waals surface area contributed by atoms with Gasteiger partial charge in [0.25, 0.3) is 0 Å². The van der Waals surface area contributed by atoms with Gasteiger partial charge in [0.2, 0.25) is 0 Å². The first-order valence-corrected chi connectivity index (χ1v) is 15.4. The molecule has 6 aromatic rings. The molecule has 10 rings (SSSR count). The van der Waals surface area contributed by atoms with Gasteiger partial charge in [-0.15, -0.1) is 0 Å². The zero-order valence-electron chi connectivity index (χ0n) is 23.8. The van der Waals surface area contributed by atoms with Crippen molar-refractivity contribution < 1.29 is 4.42 Å². The fraction of sp³-hybridized carbons (Fsp3) is 0.263. The summed E-state index contributed by atoms with van der Waals surface area (Å²) in [6, 6.07) is 33.1. The minimum absolute atomic E-state index is 0.167. The third-order valence-electron chi connectivity index (χ3n) is 10.3. The molecular formula is C38H30N4O. The number of aromatic nitrogens is 3. The molecule has 4 bridgehead atoms. The highest BCUT2D eigenvalue weighted by Crippen LogP contribution is 2.61. The lowest BCUT2D eigenvalue weighted by molar-refractivity contribution is -0.00518. The second-order valence-electron chi connectivity index (χ2n) is 13.1. The van der Waals surface area contributed by atoms with Gasteiger partial charge in [-0.05, 0) is 104 Å². The van der Waals surface area contributed by atoms with Crippen molar-refractivity contribution in [3.63, 3.8) is 0 Å². The van der Waals surface area contributed by atoms with Crippen molar-refractivity contribution in [1.82, 2.24) is 15.0 Å². The van der Waals surface area contributed by atoms with Gasteiger partial charge in [0.05, 0.1) is 11.6 Å². The summed E-state index contributed by atoms with van der Waals surface area (Å²) >= 11 is 0. The number of nitrogens with zero attached hydrogens (tertiary/aromatic N) is 4.